The average Bonchev–Trinajstić information content (AvgIpc) is 2.92. The maximum absolute atomic E-state index is 15.2. The van der Waals surface area contributed by atoms with Crippen molar-refractivity contribution in [3.05, 3.63) is 35.9 Å². The number of hydrogen-bond acceptors (Lipinski definition) is 6. The molecule has 1 aromatic carbocycles. The molecule has 0 amide bonds. The third-order valence-electron chi connectivity index (χ3n) is 3.82. The van der Waals surface area contributed by atoms with Crippen LogP contribution in [0.3, 0.4) is 0 Å². The van der Waals surface area contributed by atoms with Crippen LogP contribution in [0, 0.1) is 0 Å². The Kier molecular flexibility index (Phi) is 5.80. The van der Waals surface area contributed by atoms with Crippen LogP contribution in [-0.2, 0) is 23.7 Å². The van der Waals surface area contributed by atoms with Gasteiger partial charge in [0.1, 0.15) is 6.10 Å². The second-order valence-electron chi connectivity index (χ2n) is 6.36. The first-order chi connectivity index (χ1) is 11.7. The number of halogens is 1. The van der Waals surface area contributed by atoms with Gasteiger partial charge in [-0.25, -0.2) is 14.0 Å². The molecule has 7 heteroatoms. The van der Waals surface area contributed by atoms with E-state index < -0.39 is 35.6 Å². The van der Waals surface area contributed by atoms with Crippen LogP contribution in [-0.4, -0.2) is 48.8 Å². The van der Waals surface area contributed by atoms with E-state index in [4.69, 9.17) is 18.9 Å². The van der Waals surface area contributed by atoms with Crippen molar-refractivity contribution < 1.29 is 32.9 Å². The largest absolute Gasteiger partial charge is 0.464 e. The van der Waals surface area contributed by atoms with E-state index >= 15 is 4.39 Å². The van der Waals surface area contributed by atoms with Crippen LogP contribution in [0.25, 0.3) is 0 Å². The molecule has 3 atom stereocenters. The van der Waals surface area contributed by atoms with Crippen molar-refractivity contribution in [2.24, 2.45) is 0 Å². The smallest absolute Gasteiger partial charge is 0.347 e. The fraction of sp³-hybridized carbons (Fsp3) is 0.556. The molecule has 1 aliphatic rings. The summed E-state index contributed by atoms with van der Waals surface area (Å²) >= 11 is 0. The highest BCUT2D eigenvalue weighted by Crippen LogP contribution is 2.33. The van der Waals surface area contributed by atoms with Gasteiger partial charge >= 0.3 is 11.9 Å². The predicted molar refractivity (Wildman–Crippen MR) is 86.7 cm³/mol. The van der Waals surface area contributed by atoms with Crippen molar-refractivity contribution in [1.29, 1.82) is 0 Å². The van der Waals surface area contributed by atoms with E-state index in [1.54, 1.807) is 39.0 Å². The SMILES string of the molecule is CCOC(=O)C(C)(F)[C@H](OC(=O)c1ccccc1)[C@H]1COC(C)(C)O1. The van der Waals surface area contributed by atoms with E-state index in [2.05, 4.69) is 0 Å². The normalized spacial score (nSPS) is 22.7. The van der Waals surface area contributed by atoms with E-state index in [1.807, 2.05) is 0 Å². The van der Waals surface area contributed by atoms with Gasteiger partial charge in [-0.3, -0.25) is 0 Å². The molecule has 1 heterocycles. The molecule has 1 aromatic rings. The Balaban J connectivity index is 2.26. The van der Waals surface area contributed by atoms with Crippen LogP contribution in [0.5, 0.6) is 0 Å². The molecule has 0 radical (unpaired) electrons. The topological polar surface area (TPSA) is 71.1 Å². The number of carbonyl (C=O) groups excluding carboxylic acids is 2. The van der Waals surface area contributed by atoms with Gasteiger partial charge < -0.3 is 18.9 Å². The van der Waals surface area contributed by atoms with E-state index in [9.17, 15) is 9.59 Å². The first kappa shape index (κ1) is 19.3. The van der Waals surface area contributed by atoms with Gasteiger partial charge in [-0.05, 0) is 39.8 Å². The molecule has 0 aliphatic carbocycles. The van der Waals surface area contributed by atoms with Gasteiger partial charge in [0.2, 0.25) is 5.67 Å². The Bertz CT molecular complexity index is 613. The lowest BCUT2D eigenvalue weighted by Gasteiger charge is -2.32. The highest BCUT2D eigenvalue weighted by Gasteiger charge is 2.54. The number of carbonyl (C=O) groups is 2. The molecule has 0 spiro atoms. The van der Waals surface area contributed by atoms with Crippen LogP contribution >= 0.6 is 0 Å². The predicted octanol–water partition coefficient (Wildman–Crippen LogP) is 2.65. The van der Waals surface area contributed by atoms with Crippen LogP contribution in [0.2, 0.25) is 0 Å². The monoisotopic (exact) mass is 354 g/mol. The van der Waals surface area contributed by atoms with Crippen molar-refractivity contribution in [2.45, 2.75) is 51.4 Å². The Labute approximate surface area is 146 Å². The summed E-state index contributed by atoms with van der Waals surface area (Å²) in [5.74, 6) is -2.84. The highest BCUT2D eigenvalue weighted by molar-refractivity contribution is 5.90. The van der Waals surface area contributed by atoms with Crippen molar-refractivity contribution in [3.8, 4) is 0 Å². The molecule has 0 bridgehead atoms. The second kappa shape index (κ2) is 7.49. The maximum atomic E-state index is 15.2. The van der Waals surface area contributed by atoms with Crippen molar-refractivity contribution in [1.82, 2.24) is 0 Å². The minimum absolute atomic E-state index is 0.00517. The summed E-state index contributed by atoms with van der Waals surface area (Å²) in [6.45, 7) is 5.88. The molecule has 0 aromatic heterocycles. The Morgan fingerprint density at radius 3 is 2.52 bits per heavy atom. The third-order valence-corrected chi connectivity index (χ3v) is 3.82. The van der Waals surface area contributed by atoms with Crippen molar-refractivity contribution >= 4 is 11.9 Å². The number of hydrogen-bond donors (Lipinski definition) is 0. The first-order valence-electron chi connectivity index (χ1n) is 8.11. The molecular weight excluding hydrogens is 331 g/mol. The fourth-order valence-electron chi connectivity index (χ4n) is 2.55. The lowest BCUT2D eigenvalue weighted by atomic mass is 9.96. The van der Waals surface area contributed by atoms with Gasteiger partial charge in [-0.2, -0.15) is 0 Å². The molecule has 138 valence electrons. The van der Waals surface area contributed by atoms with Gasteiger partial charge in [-0.15, -0.1) is 0 Å². The zero-order chi connectivity index (χ0) is 18.7. The average molecular weight is 354 g/mol. The van der Waals surface area contributed by atoms with Crippen LogP contribution < -0.4 is 0 Å². The van der Waals surface area contributed by atoms with Crippen LogP contribution in [0.15, 0.2) is 30.3 Å². The van der Waals surface area contributed by atoms with Gasteiger partial charge in [0.25, 0.3) is 0 Å². The molecule has 1 unspecified atom stereocenters. The summed E-state index contributed by atoms with van der Waals surface area (Å²) in [5, 5.41) is 0. The van der Waals surface area contributed by atoms with E-state index in [0.717, 1.165) is 6.92 Å². The van der Waals surface area contributed by atoms with E-state index in [-0.39, 0.29) is 18.8 Å². The summed E-state index contributed by atoms with van der Waals surface area (Å²) in [6, 6.07) is 8.13. The lowest BCUT2D eigenvalue weighted by Crippen LogP contribution is -2.53. The van der Waals surface area contributed by atoms with Crippen LogP contribution in [0.1, 0.15) is 38.1 Å². The number of rotatable bonds is 6. The number of alkyl halides is 1. The molecule has 25 heavy (non-hydrogen) atoms. The highest BCUT2D eigenvalue weighted by atomic mass is 19.1. The Hall–Kier alpha value is -1.99. The molecular formula is C18H23FO6. The second-order valence-corrected chi connectivity index (χ2v) is 6.36. The zero-order valence-electron chi connectivity index (χ0n) is 14.8. The standard InChI is InChI=1S/C18H23FO6/c1-5-22-16(21)18(4,19)14(13-11-23-17(2,3)25-13)24-15(20)12-9-7-6-8-10-12/h6-10,13-14H,5,11H2,1-4H3/t13-,14-,18?/m1/s1. The van der Waals surface area contributed by atoms with Gasteiger partial charge in [-0.1, -0.05) is 18.2 Å². The van der Waals surface area contributed by atoms with Crippen molar-refractivity contribution in [2.75, 3.05) is 13.2 Å². The molecule has 1 saturated heterocycles. The number of ether oxygens (including phenoxy) is 4. The zero-order valence-corrected chi connectivity index (χ0v) is 14.8. The minimum atomic E-state index is -2.59. The summed E-state index contributed by atoms with van der Waals surface area (Å²) in [7, 11) is 0. The number of benzene rings is 1. The van der Waals surface area contributed by atoms with Gasteiger partial charge in [0.05, 0.1) is 18.8 Å². The van der Waals surface area contributed by atoms with Crippen molar-refractivity contribution in [3.63, 3.8) is 0 Å². The first-order valence-corrected chi connectivity index (χ1v) is 8.11. The molecule has 2 rings (SSSR count). The lowest BCUT2D eigenvalue weighted by molar-refractivity contribution is -0.183. The van der Waals surface area contributed by atoms with Crippen LogP contribution in [0.4, 0.5) is 4.39 Å². The van der Waals surface area contributed by atoms with E-state index in [0.29, 0.717) is 0 Å². The fourth-order valence-corrected chi connectivity index (χ4v) is 2.55. The van der Waals surface area contributed by atoms with E-state index in [1.165, 1.54) is 12.1 Å². The quantitative estimate of drug-likeness (QED) is 0.732. The third kappa shape index (κ3) is 4.55. The Morgan fingerprint density at radius 2 is 2.00 bits per heavy atom. The summed E-state index contributed by atoms with van der Waals surface area (Å²) in [4.78, 5) is 24.4. The number of esters is 2. The molecule has 0 saturated carbocycles. The molecule has 1 fully saturated rings. The molecule has 1 aliphatic heterocycles. The Morgan fingerprint density at radius 1 is 1.36 bits per heavy atom. The summed E-state index contributed by atoms with van der Waals surface area (Å²) in [6.07, 6.45) is -2.46. The molecule has 6 nitrogen and oxygen atoms in total. The maximum Gasteiger partial charge on any atom is 0.347 e. The molecule has 0 N–H and O–H groups in total. The minimum Gasteiger partial charge on any atom is -0.464 e. The summed E-state index contributed by atoms with van der Waals surface area (Å²) in [5.41, 5.74) is -2.35. The van der Waals surface area contributed by atoms with Gasteiger partial charge in [0, 0.05) is 0 Å². The van der Waals surface area contributed by atoms with Gasteiger partial charge in [0.15, 0.2) is 11.9 Å². The summed E-state index contributed by atoms with van der Waals surface area (Å²) < 4.78 is 36.4.